The lowest BCUT2D eigenvalue weighted by molar-refractivity contribution is 0.300. The molecule has 0 bridgehead atoms. The van der Waals surface area contributed by atoms with Gasteiger partial charge < -0.3 is 19.7 Å². The standard InChI is InChI=1S/C23H30N2O2S/c1-16-9-7-13-20(17(16)2)24-23(28)25(19-11-5-6-12-19)15-18-10-8-14-21(26-3)22(18)27-4/h7-10,13-14,19H,5-6,11-12,15H2,1-4H3,(H,24,28). The van der Waals surface area contributed by atoms with E-state index < -0.39 is 0 Å². The Hall–Kier alpha value is -2.27. The molecule has 0 aliphatic heterocycles. The maximum Gasteiger partial charge on any atom is 0.173 e. The summed E-state index contributed by atoms with van der Waals surface area (Å²) in [6.45, 7) is 4.95. The van der Waals surface area contributed by atoms with Crippen molar-refractivity contribution in [3.63, 3.8) is 0 Å². The second-order valence-corrected chi connectivity index (χ2v) is 7.78. The Kier molecular flexibility index (Phi) is 6.79. The van der Waals surface area contributed by atoms with E-state index in [9.17, 15) is 0 Å². The molecule has 0 amide bonds. The highest BCUT2D eigenvalue weighted by atomic mass is 32.1. The number of anilines is 1. The number of nitrogens with one attached hydrogen (secondary N) is 1. The van der Waals surface area contributed by atoms with E-state index in [1.165, 1.54) is 36.8 Å². The van der Waals surface area contributed by atoms with Crippen molar-refractivity contribution in [3.8, 4) is 11.5 Å². The highest BCUT2D eigenvalue weighted by molar-refractivity contribution is 7.80. The Morgan fingerprint density at radius 2 is 1.79 bits per heavy atom. The summed E-state index contributed by atoms with van der Waals surface area (Å²) >= 11 is 5.88. The Morgan fingerprint density at radius 1 is 1.07 bits per heavy atom. The topological polar surface area (TPSA) is 33.7 Å². The molecule has 1 N–H and O–H groups in total. The molecule has 2 aromatic carbocycles. The number of rotatable bonds is 6. The number of benzene rings is 2. The molecule has 28 heavy (non-hydrogen) atoms. The van der Waals surface area contributed by atoms with Crippen molar-refractivity contribution in [2.24, 2.45) is 0 Å². The van der Waals surface area contributed by atoms with Gasteiger partial charge in [0.05, 0.1) is 14.2 Å². The van der Waals surface area contributed by atoms with Gasteiger partial charge in [-0.1, -0.05) is 37.1 Å². The van der Waals surface area contributed by atoms with Crippen LogP contribution in [0.25, 0.3) is 0 Å². The summed E-state index contributed by atoms with van der Waals surface area (Å²) in [5, 5.41) is 4.27. The molecule has 150 valence electrons. The van der Waals surface area contributed by atoms with E-state index in [0.717, 1.165) is 27.9 Å². The van der Waals surface area contributed by atoms with Crippen molar-refractivity contribution >= 4 is 23.0 Å². The minimum atomic E-state index is 0.445. The molecule has 0 radical (unpaired) electrons. The monoisotopic (exact) mass is 398 g/mol. The fraction of sp³-hybridized carbons (Fsp3) is 0.435. The molecule has 1 fully saturated rings. The molecule has 5 heteroatoms. The van der Waals surface area contributed by atoms with Crippen molar-refractivity contribution in [1.29, 1.82) is 0 Å². The maximum atomic E-state index is 5.88. The van der Waals surface area contributed by atoms with Gasteiger partial charge in [-0.2, -0.15) is 0 Å². The van der Waals surface area contributed by atoms with Gasteiger partial charge in [-0.05, 0) is 62.2 Å². The molecule has 0 heterocycles. The zero-order chi connectivity index (χ0) is 20.1. The third-order valence-corrected chi connectivity index (χ3v) is 6.03. The number of nitrogens with zero attached hydrogens (tertiary/aromatic N) is 1. The zero-order valence-electron chi connectivity index (χ0n) is 17.2. The Morgan fingerprint density at radius 3 is 2.46 bits per heavy atom. The molecule has 1 aliphatic carbocycles. The molecule has 0 saturated heterocycles. The van der Waals surface area contributed by atoms with Crippen LogP contribution in [0.5, 0.6) is 11.5 Å². The quantitative estimate of drug-likeness (QED) is 0.653. The van der Waals surface area contributed by atoms with E-state index in [1.54, 1.807) is 14.2 Å². The van der Waals surface area contributed by atoms with Gasteiger partial charge in [-0.25, -0.2) is 0 Å². The third-order valence-electron chi connectivity index (χ3n) is 5.70. The van der Waals surface area contributed by atoms with Gasteiger partial charge in [0.25, 0.3) is 0 Å². The molecule has 0 unspecified atom stereocenters. The van der Waals surface area contributed by atoms with Crippen molar-refractivity contribution in [1.82, 2.24) is 4.90 Å². The van der Waals surface area contributed by atoms with Crippen LogP contribution in [0.2, 0.25) is 0 Å². The van der Waals surface area contributed by atoms with Crippen molar-refractivity contribution in [3.05, 3.63) is 53.1 Å². The van der Waals surface area contributed by atoms with Gasteiger partial charge in [-0.3, -0.25) is 0 Å². The first-order chi connectivity index (χ1) is 13.5. The number of hydrogen-bond donors (Lipinski definition) is 1. The van der Waals surface area contributed by atoms with Crippen LogP contribution in [0.3, 0.4) is 0 Å². The predicted octanol–water partition coefficient (Wildman–Crippen LogP) is 5.46. The first-order valence-electron chi connectivity index (χ1n) is 9.88. The van der Waals surface area contributed by atoms with E-state index in [4.69, 9.17) is 21.7 Å². The molecule has 0 aromatic heterocycles. The van der Waals surface area contributed by atoms with Crippen LogP contribution in [0.4, 0.5) is 5.69 Å². The molecule has 0 atom stereocenters. The van der Waals surface area contributed by atoms with Gasteiger partial charge in [0.2, 0.25) is 0 Å². The van der Waals surface area contributed by atoms with Crippen LogP contribution >= 0.6 is 12.2 Å². The second-order valence-electron chi connectivity index (χ2n) is 7.40. The van der Waals surface area contributed by atoms with Crippen LogP contribution < -0.4 is 14.8 Å². The zero-order valence-corrected chi connectivity index (χ0v) is 18.1. The maximum absolute atomic E-state index is 5.88. The molecule has 3 rings (SSSR count). The summed E-state index contributed by atoms with van der Waals surface area (Å²) < 4.78 is 11.1. The highest BCUT2D eigenvalue weighted by Crippen LogP contribution is 2.34. The average molecular weight is 399 g/mol. The van der Waals surface area contributed by atoms with Crippen molar-refractivity contribution in [2.45, 2.75) is 52.1 Å². The summed E-state index contributed by atoms with van der Waals surface area (Å²) in [4.78, 5) is 2.32. The van der Waals surface area contributed by atoms with Gasteiger partial charge in [0.15, 0.2) is 16.6 Å². The van der Waals surface area contributed by atoms with E-state index in [0.29, 0.717) is 12.6 Å². The SMILES string of the molecule is COc1cccc(CN(C(=S)Nc2cccc(C)c2C)C2CCCC2)c1OC. The number of thiocarbonyl (C=S) groups is 1. The number of ether oxygens (including phenoxy) is 2. The van der Waals surface area contributed by atoms with Crippen LogP contribution in [0.15, 0.2) is 36.4 Å². The molecule has 4 nitrogen and oxygen atoms in total. The second kappa shape index (κ2) is 9.28. The number of para-hydroxylation sites is 1. The molecule has 1 aliphatic rings. The molecule has 1 saturated carbocycles. The summed E-state index contributed by atoms with van der Waals surface area (Å²) in [5.41, 5.74) is 4.65. The minimum absolute atomic E-state index is 0.445. The number of hydrogen-bond acceptors (Lipinski definition) is 3. The van der Waals surface area contributed by atoms with Crippen LogP contribution in [-0.2, 0) is 6.54 Å². The largest absolute Gasteiger partial charge is 0.493 e. The van der Waals surface area contributed by atoms with Gasteiger partial charge in [-0.15, -0.1) is 0 Å². The van der Waals surface area contributed by atoms with Gasteiger partial charge in [0.1, 0.15) is 0 Å². The van der Waals surface area contributed by atoms with Gasteiger partial charge in [0, 0.05) is 23.8 Å². The smallest absolute Gasteiger partial charge is 0.173 e. The van der Waals surface area contributed by atoms with Crippen LogP contribution in [-0.4, -0.2) is 30.3 Å². The Labute approximate surface area is 173 Å². The molecule has 2 aromatic rings. The summed E-state index contributed by atoms with van der Waals surface area (Å²) in [6, 6.07) is 12.7. The highest BCUT2D eigenvalue weighted by Gasteiger charge is 2.26. The third kappa shape index (κ3) is 4.41. The summed E-state index contributed by atoms with van der Waals surface area (Å²) in [5.74, 6) is 1.53. The minimum Gasteiger partial charge on any atom is -0.493 e. The van der Waals surface area contributed by atoms with Crippen molar-refractivity contribution < 1.29 is 9.47 Å². The van der Waals surface area contributed by atoms with Crippen LogP contribution in [0.1, 0.15) is 42.4 Å². The van der Waals surface area contributed by atoms with Gasteiger partial charge >= 0.3 is 0 Å². The Bertz CT molecular complexity index is 831. The lowest BCUT2D eigenvalue weighted by Gasteiger charge is -2.32. The average Bonchev–Trinajstić information content (AvgIpc) is 3.23. The van der Waals surface area contributed by atoms with E-state index in [1.807, 2.05) is 12.1 Å². The predicted molar refractivity (Wildman–Crippen MR) is 119 cm³/mol. The lowest BCUT2D eigenvalue weighted by Crippen LogP contribution is -2.41. The summed E-state index contributed by atoms with van der Waals surface area (Å²) in [6.07, 6.45) is 4.84. The number of methoxy groups -OCH3 is 2. The van der Waals surface area contributed by atoms with E-state index >= 15 is 0 Å². The lowest BCUT2D eigenvalue weighted by atomic mass is 10.1. The fourth-order valence-corrected chi connectivity index (χ4v) is 4.24. The number of aryl methyl sites for hydroxylation is 1. The first kappa shape index (κ1) is 20.5. The fourth-order valence-electron chi connectivity index (χ4n) is 3.92. The van der Waals surface area contributed by atoms with E-state index in [-0.39, 0.29) is 0 Å². The molecular formula is C23H30N2O2S. The molecule has 0 spiro atoms. The van der Waals surface area contributed by atoms with Crippen LogP contribution in [0, 0.1) is 13.8 Å². The normalized spacial score (nSPS) is 14.0. The first-order valence-corrected chi connectivity index (χ1v) is 10.3. The summed E-state index contributed by atoms with van der Waals surface area (Å²) in [7, 11) is 3.36. The van der Waals surface area contributed by atoms with E-state index in [2.05, 4.69) is 48.3 Å². The molecular weight excluding hydrogens is 368 g/mol. The van der Waals surface area contributed by atoms with Crippen molar-refractivity contribution in [2.75, 3.05) is 19.5 Å². The Balaban J connectivity index is 1.87.